The average molecular weight is 419 g/mol. The number of aliphatic hydroxyl groups excluding tert-OH is 1. The molecule has 1 N–H and O–H groups in total. The molecule has 0 amide bonds. The second kappa shape index (κ2) is 11.2. The van der Waals surface area contributed by atoms with Gasteiger partial charge in [0.2, 0.25) is 0 Å². The molecule has 1 unspecified atom stereocenters. The first-order valence-electron chi connectivity index (χ1n) is 10.4. The van der Waals surface area contributed by atoms with Crippen LogP contribution < -0.4 is 4.74 Å². The minimum Gasteiger partial charge on any atom is -0.459 e. The molecule has 1 heterocycles. The predicted molar refractivity (Wildman–Crippen MR) is 123 cm³/mol. The summed E-state index contributed by atoms with van der Waals surface area (Å²) in [4.78, 5) is 8.36. The Morgan fingerprint density at radius 3 is 2.42 bits per heavy atom. The van der Waals surface area contributed by atoms with E-state index in [0.29, 0.717) is 18.2 Å². The van der Waals surface area contributed by atoms with Crippen molar-refractivity contribution in [2.75, 3.05) is 6.61 Å². The van der Waals surface area contributed by atoms with Gasteiger partial charge in [0.25, 0.3) is 0 Å². The second-order valence-corrected chi connectivity index (χ2v) is 7.35. The Kier molecular flexibility index (Phi) is 8.07. The van der Waals surface area contributed by atoms with Crippen LogP contribution in [0.4, 0.5) is 4.39 Å². The number of aromatic nitrogens is 2. The fourth-order valence-corrected chi connectivity index (χ4v) is 3.14. The Labute approximate surface area is 182 Å². The molecule has 5 heteroatoms. The summed E-state index contributed by atoms with van der Waals surface area (Å²) in [5, 5.41) is 9.28. The third kappa shape index (κ3) is 6.59. The van der Waals surface area contributed by atoms with E-state index < -0.39 is 0 Å². The second-order valence-electron chi connectivity index (χ2n) is 7.35. The largest absolute Gasteiger partial charge is 0.459 e. The van der Waals surface area contributed by atoms with Crippen molar-refractivity contribution < 1.29 is 14.2 Å². The van der Waals surface area contributed by atoms with Crippen molar-refractivity contribution in [1.82, 2.24) is 9.97 Å². The number of allylic oxidation sites excluding steroid dienone is 1. The minimum atomic E-state index is -0.278. The maximum absolute atomic E-state index is 14.7. The third-order valence-corrected chi connectivity index (χ3v) is 4.78. The van der Waals surface area contributed by atoms with E-state index in [1.807, 2.05) is 42.5 Å². The Balaban J connectivity index is 1.66. The molecule has 2 aromatic carbocycles. The molecule has 0 bridgehead atoms. The lowest BCUT2D eigenvalue weighted by molar-refractivity contribution is 0.182. The zero-order chi connectivity index (χ0) is 22.1. The molecule has 0 fully saturated rings. The smallest absolute Gasteiger partial charge is 0.316 e. The van der Waals surface area contributed by atoms with Crippen molar-refractivity contribution in [3.8, 4) is 28.3 Å². The summed E-state index contributed by atoms with van der Waals surface area (Å²) in [6.45, 7) is 5.74. The average Bonchev–Trinajstić information content (AvgIpc) is 2.78. The number of hydrogen-bond donors (Lipinski definition) is 1. The van der Waals surface area contributed by atoms with Crippen molar-refractivity contribution in [2.45, 2.75) is 32.3 Å². The highest BCUT2D eigenvalue weighted by molar-refractivity contribution is 5.71. The molecule has 160 valence electrons. The number of aliphatic hydroxyl groups is 1. The summed E-state index contributed by atoms with van der Waals surface area (Å²) in [5.74, 6) is -0.258. The van der Waals surface area contributed by atoms with Crippen molar-refractivity contribution in [3.05, 3.63) is 85.0 Å². The number of hydrogen-bond acceptors (Lipinski definition) is 4. The topological polar surface area (TPSA) is 55.2 Å². The van der Waals surface area contributed by atoms with E-state index in [2.05, 4.69) is 16.5 Å². The quantitative estimate of drug-likeness (QED) is 0.320. The van der Waals surface area contributed by atoms with Gasteiger partial charge in [-0.1, -0.05) is 61.2 Å². The molecule has 0 radical (unpaired) electrons. The summed E-state index contributed by atoms with van der Waals surface area (Å²) < 4.78 is 20.0. The molecule has 0 saturated heterocycles. The first-order valence-corrected chi connectivity index (χ1v) is 10.4. The van der Waals surface area contributed by atoms with Gasteiger partial charge in [0.1, 0.15) is 12.4 Å². The SMILES string of the molecule is C=CCOc1ncc(-c2ccc(-c3ccc(C=CCCCC(C)O)cc3F)cc2)cn1. The first-order chi connectivity index (χ1) is 15.1. The number of benzene rings is 2. The maximum atomic E-state index is 14.7. The monoisotopic (exact) mass is 418 g/mol. The van der Waals surface area contributed by atoms with Crippen LogP contribution in [0.1, 0.15) is 31.7 Å². The molecule has 0 saturated carbocycles. The van der Waals surface area contributed by atoms with Crippen LogP contribution in [0.25, 0.3) is 28.3 Å². The minimum absolute atomic E-state index is 0.258. The highest BCUT2D eigenvalue weighted by atomic mass is 19.1. The lowest BCUT2D eigenvalue weighted by Gasteiger charge is -2.07. The molecular formula is C26H27FN2O2. The van der Waals surface area contributed by atoms with Crippen LogP contribution in [-0.4, -0.2) is 27.8 Å². The van der Waals surface area contributed by atoms with Crippen molar-refractivity contribution in [3.63, 3.8) is 0 Å². The third-order valence-electron chi connectivity index (χ3n) is 4.78. The van der Waals surface area contributed by atoms with E-state index in [9.17, 15) is 9.50 Å². The van der Waals surface area contributed by atoms with Gasteiger partial charge < -0.3 is 9.84 Å². The fraction of sp³-hybridized carbons (Fsp3) is 0.231. The summed E-state index contributed by atoms with van der Waals surface area (Å²) >= 11 is 0. The zero-order valence-corrected chi connectivity index (χ0v) is 17.7. The Bertz CT molecular complexity index is 1010. The van der Waals surface area contributed by atoms with E-state index in [0.717, 1.165) is 41.5 Å². The van der Waals surface area contributed by atoms with Crippen molar-refractivity contribution in [2.24, 2.45) is 0 Å². The van der Waals surface area contributed by atoms with Crippen LogP contribution in [0.2, 0.25) is 0 Å². The van der Waals surface area contributed by atoms with E-state index >= 15 is 0 Å². The van der Waals surface area contributed by atoms with Gasteiger partial charge in [-0.3, -0.25) is 0 Å². The van der Waals surface area contributed by atoms with Crippen LogP contribution in [0.15, 0.2) is 73.6 Å². The normalized spacial score (nSPS) is 12.1. The molecule has 3 aromatic rings. The Morgan fingerprint density at radius 2 is 1.77 bits per heavy atom. The number of ether oxygens (including phenoxy) is 1. The molecule has 0 aliphatic carbocycles. The van der Waals surface area contributed by atoms with E-state index in [1.54, 1.807) is 37.5 Å². The molecule has 1 aromatic heterocycles. The highest BCUT2D eigenvalue weighted by Gasteiger charge is 2.07. The molecule has 1 atom stereocenters. The van der Waals surface area contributed by atoms with Crippen LogP contribution in [0.3, 0.4) is 0 Å². The van der Waals surface area contributed by atoms with Crippen molar-refractivity contribution >= 4 is 6.08 Å². The van der Waals surface area contributed by atoms with Gasteiger partial charge in [-0.25, -0.2) is 14.4 Å². The number of halogens is 1. The molecule has 0 aliphatic heterocycles. The lowest BCUT2D eigenvalue weighted by Crippen LogP contribution is -1.97. The van der Waals surface area contributed by atoms with Gasteiger partial charge >= 0.3 is 6.01 Å². The van der Waals surface area contributed by atoms with Gasteiger partial charge in [0, 0.05) is 23.5 Å². The standard InChI is InChI=1S/C26H27FN2O2/c1-3-15-31-26-28-17-23(18-29-26)21-10-12-22(13-11-21)24-14-9-20(16-25(24)27)8-6-4-5-7-19(2)30/h3,6,8-14,16-19,30H,1,4-5,7,15H2,2H3. The van der Waals surface area contributed by atoms with Gasteiger partial charge in [0.05, 0.1) is 6.10 Å². The van der Waals surface area contributed by atoms with Crippen molar-refractivity contribution in [1.29, 1.82) is 0 Å². The molecular weight excluding hydrogens is 391 g/mol. The molecule has 3 rings (SSSR count). The van der Waals surface area contributed by atoms with Crippen LogP contribution in [0.5, 0.6) is 6.01 Å². The van der Waals surface area contributed by atoms with E-state index in [1.165, 1.54) is 0 Å². The first kappa shape index (κ1) is 22.4. The Morgan fingerprint density at radius 1 is 1.06 bits per heavy atom. The predicted octanol–water partition coefficient (Wildman–Crippen LogP) is 6.08. The van der Waals surface area contributed by atoms with E-state index in [-0.39, 0.29) is 11.9 Å². The molecule has 4 nitrogen and oxygen atoms in total. The van der Waals surface area contributed by atoms with Crippen LogP contribution in [-0.2, 0) is 0 Å². The summed E-state index contributed by atoms with van der Waals surface area (Å²) in [5.41, 5.74) is 3.99. The highest BCUT2D eigenvalue weighted by Crippen LogP contribution is 2.27. The number of unbranched alkanes of at least 4 members (excludes halogenated alkanes) is 1. The maximum Gasteiger partial charge on any atom is 0.316 e. The van der Waals surface area contributed by atoms with Crippen LogP contribution >= 0.6 is 0 Å². The summed E-state index contributed by atoms with van der Waals surface area (Å²) in [6, 6.07) is 13.2. The number of nitrogens with zero attached hydrogens (tertiary/aromatic N) is 2. The van der Waals surface area contributed by atoms with E-state index in [4.69, 9.17) is 4.74 Å². The van der Waals surface area contributed by atoms with Crippen LogP contribution in [0, 0.1) is 5.82 Å². The number of rotatable bonds is 10. The lowest BCUT2D eigenvalue weighted by atomic mass is 10.00. The van der Waals surface area contributed by atoms with Gasteiger partial charge in [-0.05, 0) is 48.9 Å². The summed E-state index contributed by atoms with van der Waals surface area (Å²) in [7, 11) is 0. The molecule has 31 heavy (non-hydrogen) atoms. The van der Waals surface area contributed by atoms with Gasteiger partial charge in [-0.15, -0.1) is 0 Å². The van der Waals surface area contributed by atoms with Gasteiger partial charge in [-0.2, -0.15) is 0 Å². The Hall–Kier alpha value is -3.31. The fourth-order valence-electron chi connectivity index (χ4n) is 3.14. The molecule has 0 aliphatic rings. The van der Waals surface area contributed by atoms with Gasteiger partial charge in [0.15, 0.2) is 0 Å². The summed E-state index contributed by atoms with van der Waals surface area (Å²) in [6.07, 6.45) is 11.2. The molecule has 0 spiro atoms. The zero-order valence-electron chi connectivity index (χ0n) is 17.7.